The summed E-state index contributed by atoms with van der Waals surface area (Å²) in [4.78, 5) is 12.5. The average molecular weight is 461 g/mol. The first-order chi connectivity index (χ1) is 16.5. The van der Waals surface area contributed by atoms with Gasteiger partial charge in [0.1, 0.15) is 11.5 Å². The van der Waals surface area contributed by atoms with E-state index in [0.717, 1.165) is 16.9 Å². The normalized spacial score (nSPS) is 10.8. The third-order valence-electron chi connectivity index (χ3n) is 4.91. The molecule has 0 atom stereocenters. The van der Waals surface area contributed by atoms with Crippen molar-refractivity contribution in [2.75, 3.05) is 6.61 Å². The van der Waals surface area contributed by atoms with Gasteiger partial charge in [-0.15, -0.1) is 0 Å². The topological polar surface area (TPSA) is 73.6 Å². The molecule has 0 unspecified atom stereocenters. The van der Waals surface area contributed by atoms with Crippen LogP contribution < -0.4 is 14.8 Å². The number of amides is 1. The minimum absolute atomic E-state index is 0.156. The van der Waals surface area contributed by atoms with Gasteiger partial charge in [-0.2, -0.15) is 0 Å². The Morgan fingerprint density at radius 1 is 1.00 bits per heavy atom. The molecular formula is C27H25FN2O4. The number of rotatable bonds is 9. The molecule has 34 heavy (non-hydrogen) atoms. The van der Waals surface area contributed by atoms with Crippen LogP contribution in [-0.4, -0.2) is 17.7 Å². The van der Waals surface area contributed by atoms with Crippen molar-refractivity contribution in [3.63, 3.8) is 0 Å². The fraction of sp³-hybridized carbons (Fsp3) is 0.185. The molecule has 0 saturated heterocycles. The summed E-state index contributed by atoms with van der Waals surface area (Å²) in [5.41, 5.74) is 1.85. The summed E-state index contributed by atoms with van der Waals surface area (Å²) in [5.74, 6) is 1.60. The molecule has 7 heteroatoms. The standard InChI is InChI=1S/C27H25FN2O4/c1-18(2)17-32-21-13-9-20(10-14-21)26-15-24(30-34-26)27(31)29-16-19-7-11-22(12-8-19)33-25-6-4-3-5-23(25)28/h3-15,18H,16-17H2,1-2H3,(H,29,31). The van der Waals surface area contributed by atoms with Crippen LogP contribution in [0.3, 0.4) is 0 Å². The predicted molar refractivity (Wildman–Crippen MR) is 126 cm³/mol. The number of carbonyl (C=O) groups is 1. The second kappa shape index (κ2) is 10.7. The van der Waals surface area contributed by atoms with Crippen molar-refractivity contribution in [3.8, 4) is 28.6 Å². The van der Waals surface area contributed by atoms with Crippen LogP contribution in [0.4, 0.5) is 4.39 Å². The van der Waals surface area contributed by atoms with Gasteiger partial charge in [0.15, 0.2) is 23.0 Å². The van der Waals surface area contributed by atoms with Crippen LogP contribution in [0.1, 0.15) is 29.9 Å². The SMILES string of the molecule is CC(C)COc1ccc(-c2cc(C(=O)NCc3ccc(Oc4ccccc4F)cc3)no2)cc1. The second-order valence-corrected chi connectivity index (χ2v) is 8.16. The third kappa shape index (κ3) is 6.01. The van der Waals surface area contributed by atoms with Gasteiger partial charge in [0, 0.05) is 18.2 Å². The van der Waals surface area contributed by atoms with E-state index in [-0.39, 0.29) is 17.4 Å². The highest BCUT2D eigenvalue weighted by Gasteiger charge is 2.14. The molecule has 0 spiro atoms. The van der Waals surface area contributed by atoms with Gasteiger partial charge in [-0.25, -0.2) is 4.39 Å². The number of halogens is 1. The molecule has 1 N–H and O–H groups in total. The van der Waals surface area contributed by atoms with Crippen molar-refractivity contribution in [1.82, 2.24) is 10.5 Å². The van der Waals surface area contributed by atoms with E-state index < -0.39 is 5.82 Å². The third-order valence-corrected chi connectivity index (χ3v) is 4.91. The van der Waals surface area contributed by atoms with Gasteiger partial charge >= 0.3 is 0 Å². The lowest BCUT2D eigenvalue weighted by Gasteiger charge is -2.08. The molecule has 0 aliphatic rings. The van der Waals surface area contributed by atoms with Gasteiger partial charge in [0.25, 0.3) is 5.91 Å². The summed E-state index contributed by atoms with van der Waals surface area (Å²) in [5, 5.41) is 6.69. The lowest BCUT2D eigenvalue weighted by atomic mass is 10.1. The molecule has 6 nitrogen and oxygen atoms in total. The molecule has 0 aliphatic carbocycles. The van der Waals surface area contributed by atoms with E-state index in [9.17, 15) is 9.18 Å². The number of nitrogens with zero attached hydrogens (tertiary/aromatic N) is 1. The summed E-state index contributed by atoms with van der Waals surface area (Å²) in [6, 6.07) is 22.3. The quantitative estimate of drug-likeness (QED) is 0.320. The Bertz CT molecular complexity index is 1230. The maximum absolute atomic E-state index is 13.7. The molecule has 174 valence electrons. The molecule has 0 saturated carbocycles. The van der Waals surface area contributed by atoms with E-state index in [0.29, 0.717) is 30.6 Å². The van der Waals surface area contributed by atoms with E-state index >= 15 is 0 Å². The number of hydrogen-bond donors (Lipinski definition) is 1. The number of aromatic nitrogens is 1. The van der Waals surface area contributed by atoms with Crippen molar-refractivity contribution in [2.24, 2.45) is 5.92 Å². The number of nitrogens with one attached hydrogen (secondary N) is 1. The molecule has 3 aromatic carbocycles. The van der Waals surface area contributed by atoms with Crippen LogP contribution in [0.2, 0.25) is 0 Å². The Balaban J connectivity index is 1.31. The number of benzene rings is 3. The highest BCUT2D eigenvalue weighted by atomic mass is 19.1. The number of ether oxygens (including phenoxy) is 2. The van der Waals surface area contributed by atoms with Crippen molar-refractivity contribution < 1.29 is 23.2 Å². The lowest BCUT2D eigenvalue weighted by Crippen LogP contribution is -2.22. The smallest absolute Gasteiger partial charge is 0.273 e. The summed E-state index contributed by atoms with van der Waals surface area (Å²) in [6.07, 6.45) is 0. The molecule has 4 rings (SSSR count). The Morgan fingerprint density at radius 3 is 2.41 bits per heavy atom. The highest BCUT2D eigenvalue weighted by molar-refractivity contribution is 5.93. The first-order valence-corrected chi connectivity index (χ1v) is 11.0. The zero-order valence-corrected chi connectivity index (χ0v) is 19.0. The maximum Gasteiger partial charge on any atom is 0.273 e. The van der Waals surface area contributed by atoms with Gasteiger partial charge in [-0.1, -0.05) is 43.3 Å². The highest BCUT2D eigenvalue weighted by Crippen LogP contribution is 2.25. The zero-order valence-electron chi connectivity index (χ0n) is 19.0. The van der Waals surface area contributed by atoms with Crippen LogP contribution in [0.15, 0.2) is 83.4 Å². The monoisotopic (exact) mass is 460 g/mol. The van der Waals surface area contributed by atoms with E-state index in [2.05, 4.69) is 24.3 Å². The van der Waals surface area contributed by atoms with E-state index in [1.54, 1.807) is 48.5 Å². The fourth-order valence-corrected chi connectivity index (χ4v) is 3.10. The fourth-order valence-electron chi connectivity index (χ4n) is 3.10. The molecule has 0 fully saturated rings. The average Bonchev–Trinajstić information content (AvgIpc) is 3.34. The van der Waals surface area contributed by atoms with Crippen molar-refractivity contribution >= 4 is 5.91 Å². The van der Waals surface area contributed by atoms with E-state index in [1.807, 2.05) is 24.3 Å². The van der Waals surface area contributed by atoms with Crippen molar-refractivity contribution in [1.29, 1.82) is 0 Å². The number of para-hydroxylation sites is 1. The van der Waals surface area contributed by atoms with Gasteiger partial charge in [-0.3, -0.25) is 4.79 Å². The van der Waals surface area contributed by atoms with Gasteiger partial charge < -0.3 is 19.3 Å². The van der Waals surface area contributed by atoms with Crippen LogP contribution in [0, 0.1) is 11.7 Å². The zero-order chi connectivity index (χ0) is 23.9. The van der Waals surface area contributed by atoms with E-state index in [4.69, 9.17) is 14.0 Å². The predicted octanol–water partition coefficient (Wildman–Crippen LogP) is 6.24. The largest absolute Gasteiger partial charge is 0.493 e. The van der Waals surface area contributed by atoms with Crippen molar-refractivity contribution in [3.05, 3.63) is 95.9 Å². The van der Waals surface area contributed by atoms with Crippen molar-refractivity contribution in [2.45, 2.75) is 20.4 Å². The van der Waals surface area contributed by atoms with Gasteiger partial charge in [-0.05, 0) is 60.0 Å². The van der Waals surface area contributed by atoms with Crippen LogP contribution >= 0.6 is 0 Å². The first kappa shape index (κ1) is 23.0. The maximum atomic E-state index is 13.7. The van der Waals surface area contributed by atoms with Crippen LogP contribution in [0.25, 0.3) is 11.3 Å². The number of carbonyl (C=O) groups excluding carboxylic acids is 1. The van der Waals surface area contributed by atoms with E-state index in [1.165, 1.54) is 6.07 Å². The molecular weight excluding hydrogens is 435 g/mol. The molecule has 0 aliphatic heterocycles. The molecule has 0 bridgehead atoms. The first-order valence-electron chi connectivity index (χ1n) is 11.0. The molecule has 4 aromatic rings. The Hall–Kier alpha value is -4.13. The minimum Gasteiger partial charge on any atom is -0.493 e. The lowest BCUT2D eigenvalue weighted by molar-refractivity contribution is 0.0942. The Labute approximate surface area is 197 Å². The molecule has 0 radical (unpaired) electrons. The van der Waals surface area contributed by atoms with Gasteiger partial charge in [0.2, 0.25) is 0 Å². The minimum atomic E-state index is -0.429. The summed E-state index contributed by atoms with van der Waals surface area (Å²) >= 11 is 0. The summed E-state index contributed by atoms with van der Waals surface area (Å²) in [7, 11) is 0. The van der Waals surface area contributed by atoms with Crippen LogP contribution in [0.5, 0.6) is 17.2 Å². The molecule has 1 amide bonds. The second-order valence-electron chi connectivity index (χ2n) is 8.16. The molecule has 1 heterocycles. The number of hydrogen-bond acceptors (Lipinski definition) is 5. The Kier molecular flexibility index (Phi) is 7.22. The summed E-state index contributed by atoms with van der Waals surface area (Å²) in [6.45, 7) is 5.12. The molecule has 1 aromatic heterocycles. The van der Waals surface area contributed by atoms with Crippen LogP contribution in [-0.2, 0) is 6.54 Å². The Morgan fingerprint density at radius 2 is 1.71 bits per heavy atom. The summed E-state index contributed by atoms with van der Waals surface area (Å²) < 4.78 is 30.3. The van der Waals surface area contributed by atoms with Gasteiger partial charge in [0.05, 0.1) is 6.61 Å².